The van der Waals surface area contributed by atoms with Gasteiger partial charge in [-0.05, 0) is 76.0 Å². The molecule has 2 fully saturated rings. The minimum absolute atomic E-state index is 0.0743. The molecule has 2 aliphatic carbocycles. The Morgan fingerprint density at radius 1 is 1.04 bits per heavy atom. The predicted molar refractivity (Wildman–Crippen MR) is 101 cm³/mol. The number of allylic oxidation sites excluding steroid dienone is 4. The number of hydrogen-bond acceptors (Lipinski definition) is 3. The molecule has 0 aromatic rings. The number of esters is 1. The molecule has 0 amide bonds. The molecule has 0 unspecified atom stereocenters. The van der Waals surface area contributed by atoms with Crippen molar-refractivity contribution >= 4 is 5.97 Å². The molecule has 2 aliphatic rings. The summed E-state index contributed by atoms with van der Waals surface area (Å²) >= 11 is 0. The predicted octanol–water partition coefficient (Wildman–Crippen LogP) is 5.72. The van der Waals surface area contributed by atoms with Crippen LogP contribution in [0, 0.1) is 29.1 Å². The van der Waals surface area contributed by atoms with E-state index in [1.54, 1.807) is 6.08 Å². The lowest BCUT2D eigenvalue weighted by atomic mass is 9.80. The SMILES string of the molecule is CC[C@H]1CC[C@H](C(=O)O[C@H]2CC[C@H](CCC=CC=CC#N)CC2)CC1. The van der Waals surface area contributed by atoms with Gasteiger partial charge in [0.15, 0.2) is 0 Å². The maximum atomic E-state index is 12.4. The van der Waals surface area contributed by atoms with Crippen LogP contribution in [0.25, 0.3) is 0 Å². The van der Waals surface area contributed by atoms with Crippen molar-refractivity contribution in [3.05, 3.63) is 24.3 Å². The van der Waals surface area contributed by atoms with Crippen molar-refractivity contribution in [2.75, 3.05) is 0 Å². The number of carbonyl (C=O) groups excluding carboxylic acids is 1. The highest BCUT2D eigenvalue weighted by atomic mass is 16.5. The number of rotatable bonds is 7. The summed E-state index contributed by atoms with van der Waals surface area (Å²) in [6.07, 6.45) is 19.8. The number of nitriles is 1. The first-order valence-electron chi connectivity index (χ1n) is 10.1. The van der Waals surface area contributed by atoms with E-state index in [-0.39, 0.29) is 18.0 Å². The van der Waals surface area contributed by atoms with Crippen molar-refractivity contribution in [2.24, 2.45) is 17.8 Å². The molecule has 0 radical (unpaired) electrons. The summed E-state index contributed by atoms with van der Waals surface area (Å²) in [7, 11) is 0. The maximum absolute atomic E-state index is 12.4. The van der Waals surface area contributed by atoms with Gasteiger partial charge in [0, 0.05) is 6.08 Å². The van der Waals surface area contributed by atoms with Crippen LogP contribution in [-0.4, -0.2) is 12.1 Å². The van der Waals surface area contributed by atoms with E-state index in [9.17, 15) is 4.79 Å². The van der Waals surface area contributed by atoms with Crippen LogP contribution in [-0.2, 0) is 9.53 Å². The van der Waals surface area contributed by atoms with Gasteiger partial charge in [-0.1, -0.05) is 31.6 Å². The second kappa shape index (κ2) is 11.1. The van der Waals surface area contributed by atoms with Gasteiger partial charge in [0.05, 0.1) is 12.0 Å². The van der Waals surface area contributed by atoms with Crippen LogP contribution in [0.5, 0.6) is 0 Å². The molecule has 2 saturated carbocycles. The minimum Gasteiger partial charge on any atom is -0.462 e. The molecular weight excluding hydrogens is 310 g/mol. The molecule has 138 valence electrons. The van der Waals surface area contributed by atoms with E-state index in [0.29, 0.717) is 0 Å². The quantitative estimate of drug-likeness (QED) is 0.337. The molecule has 0 aromatic heterocycles. The number of hydrogen-bond donors (Lipinski definition) is 0. The van der Waals surface area contributed by atoms with E-state index < -0.39 is 0 Å². The van der Waals surface area contributed by atoms with Crippen molar-refractivity contribution in [1.82, 2.24) is 0 Å². The zero-order chi connectivity index (χ0) is 17.9. The molecule has 0 aliphatic heterocycles. The van der Waals surface area contributed by atoms with E-state index in [1.165, 1.54) is 44.6 Å². The van der Waals surface area contributed by atoms with Crippen molar-refractivity contribution in [3.63, 3.8) is 0 Å². The van der Waals surface area contributed by atoms with Gasteiger partial charge < -0.3 is 4.74 Å². The molecule has 0 heterocycles. The molecule has 0 bridgehead atoms. The lowest BCUT2D eigenvalue weighted by Gasteiger charge is -2.31. The normalized spacial score (nSPS) is 30.4. The van der Waals surface area contributed by atoms with E-state index in [1.807, 2.05) is 12.1 Å². The minimum atomic E-state index is 0.0743. The second-order valence-corrected chi connectivity index (χ2v) is 7.70. The highest BCUT2D eigenvalue weighted by molar-refractivity contribution is 5.72. The van der Waals surface area contributed by atoms with Gasteiger partial charge in [-0.25, -0.2) is 0 Å². The molecular formula is C22H33NO2. The Labute approximate surface area is 153 Å². The lowest BCUT2D eigenvalue weighted by molar-refractivity contribution is -0.157. The summed E-state index contributed by atoms with van der Waals surface area (Å²) in [5, 5.41) is 8.41. The van der Waals surface area contributed by atoms with Crippen molar-refractivity contribution in [1.29, 1.82) is 5.26 Å². The third-order valence-corrected chi connectivity index (χ3v) is 5.99. The fraction of sp³-hybridized carbons (Fsp3) is 0.727. The molecule has 0 aromatic carbocycles. The fourth-order valence-electron chi connectivity index (χ4n) is 4.21. The van der Waals surface area contributed by atoms with Gasteiger partial charge in [-0.15, -0.1) is 0 Å². The molecule has 0 saturated heterocycles. The molecule has 25 heavy (non-hydrogen) atoms. The standard InChI is InChI=1S/C22H33NO2/c1-2-18-9-13-20(14-10-18)22(24)25-21-15-11-19(12-16-21)8-6-4-3-5-7-17-23/h3-5,7,18-21H,2,6,8-16H2,1H3/t18-,19-,20-,21-. The van der Waals surface area contributed by atoms with E-state index in [2.05, 4.69) is 13.0 Å². The molecule has 2 rings (SSSR count). The van der Waals surface area contributed by atoms with E-state index in [4.69, 9.17) is 10.00 Å². The zero-order valence-electron chi connectivity index (χ0n) is 15.7. The van der Waals surface area contributed by atoms with Crippen LogP contribution in [0.1, 0.15) is 77.6 Å². The van der Waals surface area contributed by atoms with Crippen LogP contribution < -0.4 is 0 Å². The summed E-state index contributed by atoms with van der Waals surface area (Å²) in [5.74, 6) is 1.81. The molecule has 3 heteroatoms. The largest absolute Gasteiger partial charge is 0.462 e. The van der Waals surface area contributed by atoms with Crippen LogP contribution in [0.4, 0.5) is 0 Å². The van der Waals surface area contributed by atoms with Crippen molar-refractivity contribution in [2.45, 2.75) is 83.7 Å². The van der Waals surface area contributed by atoms with Gasteiger partial charge in [-0.3, -0.25) is 4.79 Å². The van der Waals surface area contributed by atoms with Gasteiger partial charge in [0.25, 0.3) is 0 Å². The monoisotopic (exact) mass is 343 g/mol. The van der Waals surface area contributed by atoms with Gasteiger partial charge in [-0.2, -0.15) is 5.26 Å². The van der Waals surface area contributed by atoms with Gasteiger partial charge in [0.1, 0.15) is 6.10 Å². The zero-order valence-corrected chi connectivity index (χ0v) is 15.7. The first-order valence-corrected chi connectivity index (χ1v) is 10.1. The van der Waals surface area contributed by atoms with E-state index in [0.717, 1.165) is 43.9 Å². The third kappa shape index (κ3) is 7.06. The summed E-state index contributed by atoms with van der Waals surface area (Å²) in [6.45, 7) is 2.25. The van der Waals surface area contributed by atoms with Crippen LogP contribution in [0.3, 0.4) is 0 Å². The molecule has 0 N–H and O–H groups in total. The Balaban J connectivity index is 1.60. The smallest absolute Gasteiger partial charge is 0.309 e. The van der Waals surface area contributed by atoms with Crippen molar-refractivity contribution in [3.8, 4) is 6.07 Å². The maximum Gasteiger partial charge on any atom is 0.309 e. The van der Waals surface area contributed by atoms with Crippen molar-refractivity contribution < 1.29 is 9.53 Å². The summed E-state index contributed by atoms with van der Waals surface area (Å²) in [6, 6.07) is 1.98. The first kappa shape index (κ1) is 19.8. The summed E-state index contributed by atoms with van der Waals surface area (Å²) in [5.41, 5.74) is 0. The Morgan fingerprint density at radius 2 is 1.72 bits per heavy atom. The van der Waals surface area contributed by atoms with Crippen LogP contribution in [0.2, 0.25) is 0 Å². The van der Waals surface area contributed by atoms with Crippen LogP contribution >= 0.6 is 0 Å². The number of carbonyl (C=O) groups is 1. The number of nitrogens with zero attached hydrogens (tertiary/aromatic N) is 1. The Hall–Kier alpha value is -1.56. The number of ether oxygens (including phenoxy) is 1. The molecule has 0 spiro atoms. The average Bonchev–Trinajstić information content (AvgIpc) is 2.66. The van der Waals surface area contributed by atoms with E-state index >= 15 is 0 Å². The summed E-state index contributed by atoms with van der Waals surface area (Å²) < 4.78 is 5.83. The Morgan fingerprint density at radius 3 is 2.36 bits per heavy atom. The first-order chi connectivity index (χ1) is 12.2. The Bertz CT molecular complexity index is 487. The second-order valence-electron chi connectivity index (χ2n) is 7.70. The Kier molecular flexibility index (Phi) is 8.80. The average molecular weight is 344 g/mol. The van der Waals surface area contributed by atoms with Gasteiger partial charge >= 0.3 is 5.97 Å². The molecule has 0 atom stereocenters. The lowest BCUT2D eigenvalue weighted by Crippen LogP contribution is -2.30. The fourth-order valence-corrected chi connectivity index (χ4v) is 4.21. The van der Waals surface area contributed by atoms with Crippen LogP contribution in [0.15, 0.2) is 24.3 Å². The summed E-state index contributed by atoms with van der Waals surface area (Å²) in [4.78, 5) is 12.4. The van der Waals surface area contributed by atoms with Gasteiger partial charge in [0.2, 0.25) is 0 Å². The third-order valence-electron chi connectivity index (χ3n) is 5.99. The molecule has 3 nitrogen and oxygen atoms in total. The topological polar surface area (TPSA) is 50.1 Å². The highest BCUT2D eigenvalue weighted by Crippen LogP contribution is 2.34. The highest BCUT2D eigenvalue weighted by Gasteiger charge is 2.30.